The summed E-state index contributed by atoms with van der Waals surface area (Å²) in [6.45, 7) is 0. The molecule has 0 bridgehead atoms. The molecule has 1 aliphatic heterocycles. The lowest BCUT2D eigenvalue weighted by Crippen LogP contribution is -2.11. The molecule has 1 aliphatic rings. The second-order valence-corrected chi connectivity index (χ2v) is 5.06. The van der Waals surface area contributed by atoms with Crippen LogP contribution in [0, 0.1) is 20.2 Å². The number of rotatable bonds is 2. The zero-order chi connectivity index (χ0) is 16.8. The molecule has 2 aromatic carbocycles. The summed E-state index contributed by atoms with van der Waals surface area (Å²) in [6, 6.07) is 9.44. The van der Waals surface area contributed by atoms with Gasteiger partial charge in [-0.15, -0.1) is 24.8 Å². The van der Waals surface area contributed by atoms with Gasteiger partial charge < -0.3 is 10.6 Å². The first-order chi connectivity index (χ1) is 11.5. The van der Waals surface area contributed by atoms with Gasteiger partial charge in [-0.05, 0) is 12.1 Å². The number of nitrogens with zero attached hydrogens (tertiary/aromatic N) is 4. The van der Waals surface area contributed by atoms with Gasteiger partial charge in [0.1, 0.15) is 0 Å². The summed E-state index contributed by atoms with van der Waals surface area (Å²) in [4.78, 5) is 29.3. The van der Waals surface area contributed by atoms with Crippen LogP contribution in [0.25, 0.3) is 11.0 Å². The molecule has 0 unspecified atom stereocenters. The highest BCUT2D eigenvalue weighted by Gasteiger charge is 2.29. The number of anilines is 4. The van der Waals surface area contributed by atoms with Crippen LogP contribution in [-0.4, -0.2) is 19.8 Å². The summed E-state index contributed by atoms with van der Waals surface area (Å²) < 4.78 is 0. The Balaban J connectivity index is 0.00000121. The van der Waals surface area contributed by atoms with Crippen LogP contribution in [-0.2, 0) is 0 Å². The number of para-hydroxylation sites is 2. The fraction of sp³-hybridized carbons (Fsp3) is 0. The fourth-order valence-electron chi connectivity index (χ4n) is 2.51. The third kappa shape index (κ3) is 3.03. The van der Waals surface area contributed by atoms with Crippen LogP contribution in [0.5, 0.6) is 0 Å². The Kier molecular flexibility index (Phi) is 5.10. The lowest BCUT2D eigenvalue weighted by Gasteiger charge is -2.21. The molecule has 0 fully saturated rings. The van der Waals surface area contributed by atoms with Crippen LogP contribution in [0.4, 0.5) is 34.4 Å². The average molecular weight is 397 g/mol. The number of nitro groups is 2. The van der Waals surface area contributed by atoms with Gasteiger partial charge >= 0.3 is 11.4 Å². The molecule has 0 atom stereocenters. The van der Waals surface area contributed by atoms with Crippen molar-refractivity contribution in [1.29, 1.82) is 0 Å². The molecule has 2 N–H and O–H groups in total. The smallest absolute Gasteiger partial charge is 0.335 e. The summed E-state index contributed by atoms with van der Waals surface area (Å²) in [7, 11) is 0. The normalized spacial score (nSPS) is 10.9. The van der Waals surface area contributed by atoms with Crippen LogP contribution >= 0.6 is 24.8 Å². The third-order valence-corrected chi connectivity index (χ3v) is 3.58. The summed E-state index contributed by atoms with van der Waals surface area (Å²) in [5.74, 6) is 0.786. The highest BCUT2D eigenvalue weighted by atomic mass is 35.5. The zero-order valence-electron chi connectivity index (χ0n) is 12.7. The minimum absolute atomic E-state index is 0. The summed E-state index contributed by atoms with van der Waals surface area (Å²) in [6.07, 6.45) is 0. The molecule has 0 spiro atoms. The van der Waals surface area contributed by atoms with Crippen molar-refractivity contribution in [1.82, 2.24) is 9.97 Å². The second kappa shape index (κ2) is 6.94. The van der Waals surface area contributed by atoms with Crippen molar-refractivity contribution in [2.75, 3.05) is 10.6 Å². The van der Waals surface area contributed by atoms with Crippen molar-refractivity contribution >= 4 is 70.2 Å². The predicted molar refractivity (Wildman–Crippen MR) is 100 cm³/mol. The predicted octanol–water partition coefficient (Wildman–Crippen LogP) is 4.09. The molecule has 26 heavy (non-hydrogen) atoms. The van der Waals surface area contributed by atoms with Crippen molar-refractivity contribution in [3.63, 3.8) is 0 Å². The molecule has 1 aromatic heterocycles. The molecule has 134 valence electrons. The topological polar surface area (TPSA) is 136 Å². The maximum atomic E-state index is 11.1. The van der Waals surface area contributed by atoms with E-state index in [4.69, 9.17) is 0 Å². The summed E-state index contributed by atoms with van der Waals surface area (Å²) >= 11 is 0. The van der Waals surface area contributed by atoms with E-state index in [9.17, 15) is 20.2 Å². The van der Waals surface area contributed by atoms with Crippen molar-refractivity contribution in [3.05, 3.63) is 56.6 Å². The highest BCUT2D eigenvalue weighted by molar-refractivity contribution is 5.92. The Morgan fingerprint density at radius 1 is 0.769 bits per heavy atom. The van der Waals surface area contributed by atoms with E-state index >= 15 is 0 Å². The van der Waals surface area contributed by atoms with Gasteiger partial charge in [0.15, 0.2) is 11.6 Å². The van der Waals surface area contributed by atoms with Gasteiger partial charge in [0.05, 0.1) is 32.3 Å². The zero-order valence-corrected chi connectivity index (χ0v) is 14.3. The van der Waals surface area contributed by atoms with Gasteiger partial charge in [0.25, 0.3) is 0 Å². The van der Waals surface area contributed by atoms with Crippen LogP contribution in [0.3, 0.4) is 0 Å². The third-order valence-electron chi connectivity index (χ3n) is 3.58. The van der Waals surface area contributed by atoms with E-state index in [2.05, 4.69) is 20.6 Å². The number of halogens is 2. The molecule has 0 saturated heterocycles. The Morgan fingerprint density at radius 3 is 1.50 bits per heavy atom. The van der Waals surface area contributed by atoms with E-state index in [1.165, 1.54) is 0 Å². The summed E-state index contributed by atoms with van der Waals surface area (Å²) in [5, 5.41) is 28.0. The fourth-order valence-corrected chi connectivity index (χ4v) is 2.51. The van der Waals surface area contributed by atoms with Gasteiger partial charge in [-0.1, -0.05) is 12.1 Å². The molecular weight excluding hydrogens is 387 g/mol. The lowest BCUT2D eigenvalue weighted by atomic mass is 10.1. The highest BCUT2D eigenvalue weighted by Crippen LogP contribution is 2.42. The maximum Gasteiger partial charge on any atom is 0.348 e. The number of hydrogen-bond acceptors (Lipinski definition) is 8. The van der Waals surface area contributed by atoms with Gasteiger partial charge in [0.2, 0.25) is 0 Å². The molecule has 12 heteroatoms. The van der Waals surface area contributed by atoms with Crippen molar-refractivity contribution in [2.24, 2.45) is 0 Å². The van der Waals surface area contributed by atoms with Gasteiger partial charge in [0, 0.05) is 12.1 Å². The van der Waals surface area contributed by atoms with Crippen LogP contribution in [0.1, 0.15) is 0 Å². The van der Waals surface area contributed by atoms with Gasteiger partial charge in [-0.2, -0.15) is 0 Å². The number of nitrogens with one attached hydrogen (secondary N) is 2. The van der Waals surface area contributed by atoms with Gasteiger partial charge in [-0.25, -0.2) is 9.97 Å². The van der Waals surface area contributed by atoms with Crippen molar-refractivity contribution < 1.29 is 9.85 Å². The van der Waals surface area contributed by atoms with Crippen LogP contribution in [0.15, 0.2) is 36.4 Å². The molecule has 0 aliphatic carbocycles. The lowest BCUT2D eigenvalue weighted by molar-refractivity contribution is -0.422. The van der Waals surface area contributed by atoms with E-state index in [-0.39, 0.29) is 24.8 Å². The quantitative estimate of drug-likeness (QED) is 0.381. The Bertz CT molecular complexity index is 964. The van der Waals surface area contributed by atoms with E-state index in [1.807, 2.05) is 12.1 Å². The number of nitro benzene ring substituents is 2. The molecule has 2 heterocycles. The van der Waals surface area contributed by atoms with Crippen molar-refractivity contribution in [3.8, 4) is 0 Å². The van der Waals surface area contributed by atoms with E-state index < -0.39 is 21.2 Å². The monoisotopic (exact) mass is 396 g/mol. The average Bonchev–Trinajstić information content (AvgIpc) is 2.56. The molecule has 0 amide bonds. The van der Waals surface area contributed by atoms with Crippen molar-refractivity contribution in [2.45, 2.75) is 0 Å². The molecule has 0 radical (unpaired) electrons. The molecule has 0 saturated carbocycles. The number of aromatic nitrogens is 2. The molecule has 3 aromatic rings. The molecular formula is C14H10Cl2N6O4. The number of fused-ring (bicyclic) bond motifs is 3. The SMILES string of the molecule is Cl.Cl.O=[N+]([O-])c1cc2c(cc1[N+](=O)[O-])Nc1nc3ccccc3nc1N2. The Labute approximate surface area is 157 Å². The summed E-state index contributed by atoms with van der Waals surface area (Å²) in [5.41, 5.74) is 0.778. The molecule has 10 nitrogen and oxygen atoms in total. The maximum absolute atomic E-state index is 11.1. The number of hydrogen-bond donors (Lipinski definition) is 2. The van der Waals surface area contributed by atoms with Crippen LogP contribution < -0.4 is 10.6 Å². The first-order valence-corrected chi connectivity index (χ1v) is 6.80. The standard InChI is InChI=1S/C14H8N6O4.2ClH/c21-19(22)11-5-9-10(6-12(11)20(23)24)18-14-13(17-9)15-7-3-1-2-4-8(7)16-14;;/h1-6H,(H,15,17)(H,16,18);2*1H. The Morgan fingerprint density at radius 2 is 1.15 bits per heavy atom. The second-order valence-electron chi connectivity index (χ2n) is 5.06. The largest absolute Gasteiger partial charge is 0.348 e. The first-order valence-electron chi connectivity index (χ1n) is 6.80. The van der Waals surface area contributed by atoms with Gasteiger partial charge in [-0.3, -0.25) is 20.2 Å². The number of benzene rings is 2. The minimum atomic E-state index is -0.790. The first kappa shape index (κ1) is 19.1. The van der Waals surface area contributed by atoms with E-state index in [0.29, 0.717) is 34.0 Å². The van der Waals surface area contributed by atoms with E-state index in [0.717, 1.165) is 12.1 Å². The minimum Gasteiger partial charge on any atom is -0.335 e. The van der Waals surface area contributed by atoms with Crippen LogP contribution in [0.2, 0.25) is 0 Å². The Hall–Kier alpha value is -3.24. The van der Waals surface area contributed by atoms with E-state index in [1.54, 1.807) is 12.1 Å². The molecule has 4 rings (SSSR count).